The molecule has 1 aromatic carbocycles. The van der Waals surface area contributed by atoms with Gasteiger partial charge in [-0.15, -0.1) is 0 Å². The lowest BCUT2D eigenvalue weighted by molar-refractivity contribution is -0.137. The molecule has 1 N–H and O–H groups in total. The molecule has 3 unspecified atom stereocenters. The van der Waals surface area contributed by atoms with E-state index in [0.717, 1.165) is 37.8 Å². The van der Waals surface area contributed by atoms with E-state index in [4.69, 9.17) is 0 Å². The Kier molecular flexibility index (Phi) is 4.86. The fourth-order valence-corrected chi connectivity index (χ4v) is 4.41. The minimum absolute atomic E-state index is 0.110. The van der Waals surface area contributed by atoms with Crippen molar-refractivity contribution in [2.24, 2.45) is 0 Å². The van der Waals surface area contributed by atoms with Crippen LogP contribution in [0.1, 0.15) is 31.2 Å². The molecule has 20 heavy (non-hydrogen) atoms. The monoisotopic (exact) mass is 305 g/mol. The van der Waals surface area contributed by atoms with E-state index in [9.17, 15) is 17.4 Å². The van der Waals surface area contributed by atoms with E-state index in [-0.39, 0.29) is 16.2 Å². The topological polar surface area (TPSA) is 29.1 Å². The second kappa shape index (κ2) is 6.26. The summed E-state index contributed by atoms with van der Waals surface area (Å²) in [7, 11) is 0.404. The van der Waals surface area contributed by atoms with Gasteiger partial charge in [0.1, 0.15) is 0 Å². The van der Waals surface area contributed by atoms with Crippen molar-refractivity contribution in [3.63, 3.8) is 0 Å². The molecule has 1 aromatic rings. The summed E-state index contributed by atoms with van der Waals surface area (Å²) in [6.07, 6.45) is -0.634. The van der Waals surface area contributed by atoms with E-state index in [0.29, 0.717) is 0 Å². The van der Waals surface area contributed by atoms with Crippen LogP contribution >= 0.6 is 0 Å². The fourth-order valence-electron chi connectivity index (χ4n) is 2.66. The van der Waals surface area contributed by atoms with Gasteiger partial charge in [0, 0.05) is 10.9 Å². The molecular weight excluding hydrogens is 287 g/mol. The minimum Gasteiger partial charge on any atom is -0.316 e. The van der Waals surface area contributed by atoms with Crippen LogP contribution in [0.25, 0.3) is 0 Å². The van der Waals surface area contributed by atoms with E-state index in [1.807, 2.05) is 7.05 Å². The molecule has 0 aliphatic heterocycles. The molecule has 112 valence electrons. The standard InChI is InChI=1S/C14H18F3NOS/c1-18-12-7-2-3-8-13(12)20(19)11-6-4-5-10(9-11)14(15,16)17/h4-6,9,12-13,18H,2-3,7-8H2,1H3. The third-order valence-corrected chi connectivity index (χ3v) is 5.57. The normalized spacial score (nSPS) is 25.4. The van der Waals surface area contributed by atoms with Gasteiger partial charge in [-0.05, 0) is 38.1 Å². The highest BCUT2D eigenvalue weighted by atomic mass is 32.2. The first-order chi connectivity index (χ1) is 9.43. The minimum atomic E-state index is -4.39. The first-order valence-electron chi connectivity index (χ1n) is 6.68. The molecule has 0 bridgehead atoms. The lowest BCUT2D eigenvalue weighted by Crippen LogP contribution is -2.42. The summed E-state index contributed by atoms with van der Waals surface area (Å²) >= 11 is 0. The summed E-state index contributed by atoms with van der Waals surface area (Å²) < 4.78 is 50.7. The average Bonchev–Trinajstić information content (AvgIpc) is 2.45. The van der Waals surface area contributed by atoms with E-state index in [2.05, 4.69) is 5.32 Å². The highest BCUT2D eigenvalue weighted by Gasteiger charge is 2.33. The predicted octanol–water partition coefficient (Wildman–Crippen LogP) is 3.34. The first kappa shape index (κ1) is 15.5. The van der Waals surface area contributed by atoms with Crippen molar-refractivity contribution < 1.29 is 17.4 Å². The summed E-state index contributed by atoms with van der Waals surface area (Å²) in [5, 5.41) is 3.02. The van der Waals surface area contributed by atoms with Gasteiger partial charge in [-0.2, -0.15) is 13.2 Å². The van der Waals surface area contributed by atoms with Gasteiger partial charge in [0.2, 0.25) is 0 Å². The van der Waals surface area contributed by atoms with Gasteiger partial charge in [0.25, 0.3) is 0 Å². The molecule has 3 atom stereocenters. The molecule has 6 heteroatoms. The van der Waals surface area contributed by atoms with Crippen LogP contribution in [-0.4, -0.2) is 22.5 Å². The molecule has 1 aliphatic rings. The molecule has 0 spiro atoms. The maximum Gasteiger partial charge on any atom is 0.416 e. The summed E-state index contributed by atoms with van der Waals surface area (Å²) in [5.41, 5.74) is -0.736. The Hall–Kier alpha value is -0.880. The molecule has 1 saturated carbocycles. The number of hydrogen-bond acceptors (Lipinski definition) is 2. The fraction of sp³-hybridized carbons (Fsp3) is 0.571. The number of benzene rings is 1. The van der Waals surface area contributed by atoms with E-state index in [1.165, 1.54) is 12.1 Å². The van der Waals surface area contributed by atoms with Crippen LogP contribution in [0.5, 0.6) is 0 Å². The van der Waals surface area contributed by atoms with Gasteiger partial charge < -0.3 is 5.32 Å². The largest absolute Gasteiger partial charge is 0.416 e. The third kappa shape index (κ3) is 3.41. The number of halogens is 3. The van der Waals surface area contributed by atoms with E-state index < -0.39 is 22.5 Å². The Bertz CT molecular complexity index is 490. The Morgan fingerprint density at radius 1 is 1.25 bits per heavy atom. The molecular formula is C14H18F3NOS. The van der Waals surface area contributed by atoms with Gasteiger partial charge in [0.05, 0.1) is 21.6 Å². The smallest absolute Gasteiger partial charge is 0.316 e. The van der Waals surface area contributed by atoms with Crippen molar-refractivity contribution >= 4 is 10.8 Å². The lowest BCUT2D eigenvalue weighted by Gasteiger charge is -2.30. The second-order valence-corrected chi connectivity index (χ2v) is 6.71. The predicted molar refractivity (Wildman–Crippen MR) is 73.0 cm³/mol. The van der Waals surface area contributed by atoms with Gasteiger partial charge in [-0.1, -0.05) is 18.9 Å². The third-order valence-electron chi connectivity index (χ3n) is 3.74. The quantitative estimate of drug-likeness (QED) is 0.928. The SMILES string of the molecule is CNC1CCCCC1S(=O)c1cccc(C(F)(F)F)c1. The van der Waals surface area contributed by atoms with Crippen LogP contribution in [-0.2, 0) is 17.0 Å². The zero-order valence-electron chi connectivity index (χ0n) is 11.2. The van der Waals surface area contributed by atoms with Crippen molar-refractivity contribution in [1.29, 1.82) is 0 Å². The van der Waals surface area contributed by atoms with Crippen molar-refractivity contribution in [3.05, 3.63) is 29.8 Å². The van der Waals surface area contributed by atoms with Crippen LogP contribution in [0.3, 0.4) is 0 Å². The van der Waals surface area contributed by atoms with Crippen molar-refractivity contribution in [2.45, 2.75) is 48.0 Å². The Morgan fingerprint density at radius 3 is 2.60 bits per heavy atom. The van der Waals surface area contributed by atoms with Crippen LogP contribution in [0.15, 0.2) is 29.2 Å². The molecule has 2 rings (SSSR count). The molecule has 2 nitrogen and oxygen atoms in total. The summed E-state index contributed by atoms with van der Waals surface area (Å²) in [6.45, 7) is 0. The summed E-state index contributed by atoms with van der Waals surface area (Å²) in [4.78, 5) is 0.270. The van der Waals surface area contributed by atoms with E-state index in [1.54, 1.807) is 0 Å². The Balaban J connectivity index is 2.24. The summed E-state index contributed by atoms with van der Waals surface area (Å²) in [5.74, 6) is 0. The number of alkyl halides is 3. The van der Waals surface area contributed by atoms with Gasteiger partial charge >= 0.3 is 6.18 Å². The second-order valence-electron chi connectivity index (χ2n) is 5.04. The molecule has 0 aromatic heterocycles. The zero-order valence-corrected chi connectivity index (χ0v) is 12.1. The first-order valence-corrected chi connectivity index (χ1v) is 7.90. The molecule has 0 amide bonds. The van der Waals surface area contributed by atoms with Crippen LogP contribution in [0.4, 0.5) is 13.2 Å². The molecule has 0 saturated heterocycles. The Morgan fingerprint density at radius 2 is 1.95 bits per heavy atom. The highest BCUT2D eigenvalue weighted by molar-refractivity contribution is 7.85. The van der Waals surface area contributed by atoms with Crippen LogP contribution in [0.2, 0.25) is 0 Å². The number of rotatable bonds is 3. The van der Waals surface area contributed by atoms with Crippen molar-refractivity contribution in [3.8, 4) is 0 Å². The zero-order chi connectivity index (χ0) is 14.8. The van der Waals surface area contributed by atoms with Gasteiger partial charge in [-0.25, -0.2) is 0 Å². The van der Waals surface area contributed by atoms with Crippen molar-refractivity contribution in [2.75, 3.05) is 7.05 Å². The van der Waals surface area contributed by atoms with Gasteiger partial charge in [0.15, 0.2) is 0 Å². The highest BCUT2D eigenvalue weighted by Crippen LogP contribution is 2.32. The average molecular weight is 305 g/mol. The van der Waals surface area contributed by atoms with Crippen molar-refractivity contribution in [1.82, 2.24) is 5.32 Å². The lowest BCUT2D eigenvalue weighted by atomic mass is 9.95. The van der Waals surface area contributed by atoms with E-state index >= 15 is 0 Å². The summed E-state index contributed by atoms with van der Waals surface area (Å²) in [6, 6.07) is 4.98. The molecule has 1 aliphatic carbocycles. The molecule has 0 radical (unpaired) electrons. The molecule has 0 heterocycles. The van der Waals surface area contributed by atoms with Crippen LogP contribution in [0, 0.1) is 0 Å². The molecule has 1 fully saturated rings. The Labute approximate surface area is 119 Å². The van der Waals surface area contributed by atoms with Gasteiger partial charge in [-0.3, -0.25) is 4.21 Å². The maximum atomic E-state index is 12.7. The number of nitrogens with one attached hydrogen (secondary N) is 1. The maximum absolute atomic E-state index is 12.7. The number of hydrogen-bond donors (Lipinski definition) is 1. The van der Waals surface area contributed by atoms with Crippen LogP contribution < -0.4 is 5.32 Å².